The second-order valence-corrected chi connectivity index (χ2v) is 12.1. The van der Waals surface area contributed by atoms with E-state index in [-0.39, 0.29) is 37.4 Å². The summed E-state index contributed by atoms with van der Waals surface area (Å²) in [5.74, 6) is -1.92. The molecule has 1 aliphatic heterocycles. The van der Waals surface area contributed by atoms with E-state index < -0.39 is 35.4 Å². The largest absolute Gasteiger partial charge is 0.466 e. The summed E-state index contributed by atoms with van der Waals surface area (Å²) in [6.45, 7) is 11.3. The van der Waals surface area contributed by atoms with Crippen molar-refractivity contribution in [3.05, 3.63) is 64.2 Å². The minimum Gasteiger partial charge on any atom is -0.466 e. The number of nitrogens with one attached hydrogen (secondary N) is 1. The highest BCUT2D eigenvalue weighted by Crippen LogP contribution is 2.30. The molecular formula is C34H45N3O7. The third-order valence-electron chi connectivity index (χ3n) is 7.16. The zero-order valence-electron chi connectivity index (χ0n) is 26.8. The molecule has 2 aromatic carbocycles. The molecular weight excluding hydrogens is 562 g/mol. The van der Waals surface area contributed by atoms with E-state index in [9.17, 15) is 24.0 Å². The molecule has 0 aromatic heterocycles. The summed E-state index contributed by atoms with van der Waals surface area (Å²) in [5.41, 5.74) is 2.96. The first-order chi connectivity index (χ1) is 20.8. The molecule has 1 heterocycles. The lowest BCUT2D eigenvalue weighted by molar-refractivity contribution is -0.143. The van der Waals surface area contributed by atoms with Crippen molar-refractivity contribution in [2.24, 2.45) is 0 Å². The molecule has 4 amide bonds. The number of hydrogen-bond acceptors (Lipinski definition) is 7. The Morgan fingerprint density at radius 3 is 2.36 bits per heavy atom. The minimum atomic E-state index is -0.543. The van der Waals surface area contributed by atoms with Crippen LogP contribution in [0.3, 0.4) is 0 Å². The number of esters is 1. The molecule has 10 nitrogen and oxygen atoms in total. The van der Waals surface area contributed by atoms with Gasteiger partial charge in [0.2, 0.25) is 0 Å². The summed E-state index contributed by atoms with van der Waals surface area (Å²) in [6.07, 6.45) is 3.71. The van der Waals surface area contributed by atoms with Gasteiger partial charge >= 0.3 is 12.1 Å². The van der Waals surface area contributed by atoms with Crippen LogP contribution in [-0.4, -0.2) is 66.5 Å². The monoisotopic (exact) mass is 607 g/mol. The summed E-state index contributed by atoms with van der Waals surface area (Å²) in [6, 6.07) is 10.7. The Hall–Kier alpha value is -4.21. The molecule has 0 saturated carbocycles. The predicted octanol–water partition coefficient (Wildman–Crippen LogP) is 5.51. The molecule has 0 spiro atoms. The summed E-state index contributed by atoms with van der Waals surface area (Å²) in [4.78, 5) is 67.3. The molecule has 44 heavy (non-hydrogen) atoms. The van der Waals surface area contributed by atoms with Crippen LogP contribution in [0.15, 0.2) is 36.4 Å². The first-order valence-corrected chi connectivity index (χ1v) is 15.3. The van der Waals surface area contributed by atoms with Gasteiger partial charge in [-0.3, -0.25) is 19.2 Å². The van der Waals surface area contributed by atoms with Gasteiger partial charge in [-0.25, -0.2) is 9.69 Å². The lowest BCUT2D eigenvalue weighted by atomic mass is 10.0. The van der Waals surface area contributed by atoms with E-state index in [4.69, 9.17) is 9.47 Å². The fraction of sp³-hybridized carbons (Fsp3) is 0.500. The van der Waals surface area contributed by atoms with E-state index in [0.717, 1.165) is 47.3 Å². The van der Waals surface area contributed by atoms with E-state index in [0.29, 0.717) is 18.5 Å². The summed E-state index contributed by atoms with van der Waals surface area (Å²) in [7, 11) is 0. The molecule has 0 bridgehead atoms. The highest BCUT2D eigenvalue weighted by atomic mass is 16.6. The standard InChI is InChI=1S/C34H45N3O7/c1-7-43-30(39)17-19-36-22-29(38)37(32(41)26-15-13-23(2)20-24(26)3)28-16-14-25(21-27(28)31(36)40)12-10-8-9-11-18-35-33(42)44-34(4,5)6/h13-16,20-21H,7-12,17-19,22H2,1-6H3,(H,35,42). The third-order valence-corrected chi connectivity index (χ3v) is 7.16. The molecule has 3 rings (SSSR count). The molecule has 1 N–H and O–H groups in total. The van der Waals surface area contributed by atoms with Crippen molar-refractivity contribution < 1.29 is 33.4 Å². The zero-order chi connectivity index (χ0) is 32.4. The number of benzene rings is 2. The quantitative estimate of drug-likeness (QED) is 0.192. The number of hydrogen-bond donors (Lipinski definition) is 1. The van der Waals surface area contributed by atoms with Crippen molar-refractivity contribution >= 4 is 35.5 Å². The van der Waals surface area contributed by atoms with Crippen LogP contribution in [0.4, 0.5) is 10.5 Å². The molecule has 1 aliphatic rings. The van der Waals surface area contributed by atoms with E-state index >= 15 is 0 Å². The van der Waals surface area contributed by atoms with Crippen LogP contribution < -0.4 is 10.2 Å². The number of aryl methyl sites for hydroxylation is 3. The zero-order valence-corrected chi connectivity index (χ0v) is 26.8. The fourth-order valence-corrected chi connectivity index (χ4v) is 5.06. The van der Waals surface area contributed by atoms with Gasteiger partial charge in [-0.2, -0.15) is 0 Å². The number of amides is 4. The average molecular weight is 608 g/mol. The maximum absolute atomic E-state index is 13.8. The van der Waals surface area contributed by atoms with Gasteiger partial charge < -0.3 is 19.7 Å². The van der Waals surface area contributed by atoms with Crippen LogP contribution >= 0.6 is 0 Å². The second-order valence-electron chi connectivity index (χ2n) is 12.1. The van der Waals surface area contributed by atoms with E-state index in [1.54, 1.807) is 25.1 Å². The van der Waals surface area contributed by atoms with E-state index in [1.165, 1.54) is 4.90 Å². The van der Waals surface area contributed by atoms with Gasteiger partial charge in [-0.1, -0.05) is 36.6 Å². The normalized spacial score (nSPS) is 13.3. The Morgan fingerprint density at radius 1 is 0.955 bits per heavy atom. The van der Waals surface area contributed by atoms with Gasteiger partial charge in [-0.05, 0) is 90.1 Å². The Morgan fingerprint density at radius 2 is 1.68 bits per heavy atom. The number of imide groups is 1. The lowest BCUT2D eigenvalue weighted by Gasteiger charge is -2.22. The maximum Gasteiger partial charge on any atom is 0.407 e. The van der Waals surface area contributed by atoms with Crippen molar-refractivity contribution in [3.63, 3.8) is 0 Å². The van der Waals surface area contributed by atoms with Gasteiger partial charge in [0.1, 0.15) is 12.1 Å². The number of carbonyl (C=O) groups excluding carboxylic acids is 5. The van der Waals surface area contributed by atoms with Crippen LogP contribution in [0.5, 0.6) is 0 Å². The second kappa shape index (κ2) is 15.5. The van der Waals surface area contributed by atoms with Crippen molar-refractivity contribution in [2.75, 3.05) is 31.1 Å². The molecule has 0 unspecified atom stereocenters. The van der Waals surface area contributed by atoms with Gasteiger partial charge in [-0.15, -0.1) is 0 Å². The molecule has 0 atom stereocenters. The van der Waals surface area contributed by atoms with E-state index in [2.05, 4.69) is 5.32 Å². The average Bonchev–Trinajstić information content (AvgIpc) is 3.03. The number of anilines is 1. The number of rotatable bonds is 12. The van der Waals surface area contributed by atoms with Gasteiger partial charge in [0.05, 0.1) is 24.3 Å². The molecule has 0 aliphatic carbocycles. The fourth-order valence-electron chi connectivity index (χ4n) is 5.06. The highest BCUT2D eigenvalue weighted by Gasteiger charge is 2.36. The third kappa shape index (κ3) is 9.65. The van der Waals surface area contributed by atoms with Crippen LogP contribution in [-0.2, 0) is 25.5 Å². The summed E-state index contributed by atoms with van der Waals surface area (Å²) >= 11 is 0. The Labute approximate surface area is 260 Å². The number of carbonyl (C=O) groups is 5. The number of unbranched alkanes of at least 4 members (excludes halogenated alkanes) is 3. The smallest absolute Gasteiger partial charge is 0.407 e. The summed E-state index contributed by atoms with van der Waals surface area (Å²) < 4.78 is 10.3. The summed E-state index contributed by atoms with van der Waals surface area (Å²) in [5, 5.41) is 2.76. The first-order valence-electron chi connectivity index (χ1n) is 15.3. The maximum atomic E-state index is 13.8. The van der Waals surface area contributed by atoms with Gasteiger partial charge in [0, 0.05) is 18.7 Å². The SMILES string of the molecule is CCOC(=O)CCN1CC(=O)N(C(=O)c2ccc(C)cc2C)c2ccc(CCCCCCNC(=O)OC(C)(C)C)cc2C1=O. The molecule has 0 radical (unpaired) electrons. The topological polar surface area (TPSA) is 122 Å². The Kier molecular flexibility index (Phi) is 12.1. The molecule has 2 aromatic rings. The Bertz CT molecular complexity index is 1380. The van der Waals surface area contributed by atoms with Crippen molar-refractivity contribution in [3.8, 4) is 0 Å². The lowest BCUT2D eigenvalue weighted by Crippen LogP contribution is -2.43. The first kappa shape index (κ1) is 34.3. The van der Waals surface area contributed by atoms with Crippen LogP contribution in [0.2, 0.25) is 0 Å². The highest BCUT2D eigenvalue weighted by molar-refractivity contribution is 6.25. The van der Waals surface area contributed by atoms with Crippen molar-refractivity contribution in [1.82, 2.24) is 10.2 Å². The van der Waals surface area contributed by atoms with Crippen LogP contribution in [0.25, 0.3) is 0 Å². The van der Waals surface area contributed by atoms with E-state index in [1.807, 2.05) is 52.8 Å². The number of ether oxygens (including phenoxy) is 2. The minimum absolute atomic E-state index is 0.00397. The molecule has 0 fully saturated rings. The predicted molar refractivity (Wildman–Crippen MR) is 168 cm³/mol. The van der Waals surface area contributed by atoms with Crippen molar-refractivity contribution in [1.29, 1.82) is 0 Å². The molecule has 238 valence electrons. The number of nitrogens with zero attached hydrogens (tertiary/aromatic N) is 2. The van der Waals surface area contributed by atoms with Gasteiger partial charge in [0.15, 0.2) is 0 Å². The molecule has 0 saturated heterocycles. The molecule has 10 heteroatoms. The van der Waals surface area contributed by atoms with Gasteiger partial charge in [0.25, 0.3) is 17.7 Å². The van der Waals surface area contributed by atoms with Crippen molar-refractivity contribution in [2.45, 2.75) is 85.7 Å². The van der Waals surface area contributed by atoms with Crippen LogP contribution in [0, 0.1) is 13.8 Å². The number of alkyl carbamates (subject to hydrolysis) is 1. The Balaban J connectivity index is 1.75. The number of fused-ring (bicyclic) bond motifs is 1. The van der Waals surface area contributed by atoms with Crippen LogP contribution in [0.1, 0.15) is 97.2 Å².